The Bertz CT molecular complexity index is 2300. The molecule has 0 unspecified atom stereocenters. The number of fused-ring (bicyclic) bond motifs is 3. The van der Waals surface area contributed by atoms with Gasteiger partial charge in [0.15, 0.2) is 0 Å². The van der Waals surface area contributed by atoms with Gasteiger partial charge in [0.05, 0.1) is 5.69 Å². The Kier molecular flexibility index (Phi) is 2.66. The number of pyridine rings is 1. The zero-order valence-corrected chi connectivity index (χ0v) is 18.9. The lowest BCUT2D eigenvalue weighted by molar-refractivity contribution is 0.670. The monoisotopic (exact) mass is 482 g/mol. The van der Waals surface area contributed by atoms with Gasteiger partial charge in [-0.25, -0.2) is 0 Å². The van der Waals surface area contributed by atoms with Crippen molar-refractivity contribution in [1.82, 2.24) is 4.98 Å². The van der Waals surface area contributed by atoms with Gasteiger partial charge in [-0.05, 0) is 97.0 Å². The molecule has 0 spiro atoms. The van der Waals surface area contributed by atoms with Gasteiger partial charge in [0.2, 0.25) is 0 Å². The number of para-hydroxylation sites is 2. The van der Waals surface area contributed by atoms with Crippen LogP contribution in [0.2, 0.25) is 0 Å². The molecule has 0 N–H and O–H groups in total. The van der Waals surface area contributed by atoms with E-state index in [9.17, 15) is 0 Å². The molecule has 176 valence electrons. The molecule has 4 aromatic carbocycles. The van der Waals surface area contributed by atoms with E-state index in [1.807, 2.05) is 24.3 Å². The van der Waals surface area contributed by atoms with Crippen LogP contribution in [0.3, 0.4) is 0 Å². The van der Waals surface area contributed by atoms with Crippen LogP contribution < -0.4 is 0 Å². The van der Waals surface area contributed by atoms with Gasteiger partial charge in [0.1, 0.15) is 11.2 Å². The molecule has 0 aliphatic carbocycles. The predicted octanol–water partition coefficient (Wildman–Crippen LogP) is 9.52. The molecule has 0 amide bonds. The molecule has 0 atom stereocenters. The second-order valence-corrected chi connectivity index (χ2v) is 8.60. The summed E-state index contributed by atoms with van der Waals surface area (Å²) in [6.07, 6.45) is 1.10. The number of hydrogen-bond acceptors (Lipinski definition) is 2. The topological polar surface area (TPSA) is 26.0 Å². The molecular formula is C34H29NO. The van der Waals surface area contributed by atoms with Crippen LogP contribution in [0.5, 0.6) is 0 Å². The standard InChI is InChI=1S/C34H29NO/c1-20-13-14-25(21(2)15-20)29-16-23(4)30(17-22(29)3)31-18-32(35-19-24(31)5)28-11-8-10-27-26-9-6-7-12-33(26)36-34(27)28/h6-19H,1-5H3/i1D3,2D3,3D3,4D3,5D3. The highest BCUT2D eigenvalue weighted by molar-refractivity contribution is 6.09. The van der Waals surface area contributed by atoms with Crippen LogP contribution in [-0.2, 0) is 0 Å². The maximum atomic E-state index is 8.49. The van der Waals surface area contributed by atoms with Crippen LogP contribution in [0.25, 0.3) is 55.4 Å². The molecular weight excluding hydrogens is 438 g/mol. The molecule has 2 aromatic heterocycles. The summed E-state index contributed by atoms with van der Waals surface area (Å²) in [5, 5.41) is 1.60. The van der Waals surface area contributed by atoms with Crippen molar-refractivity contribution in [2.75, 3.05) is 0 Å². The van der Waals surface area contributed by atoms with Crippen LogP contribution >= 0.6 is 0 Å². The molecule has 0 radical (unpaired) electrons. The number of benzene rings is 4. The van der Waals surface area contributed by atoms with Gasteiger partial charge in [-0.2, -0.15) is 0 Å². The summed E-state index contributed by atoms with van der Waals surface area (Å²) in [6, 6.07) is 19.4. The molecule has 6 rings (SSSR count). The third-order valence-corrected chi connectivity index (χ3v) is 6.34. The summed E-state index contributed by atoms with van der Waals surface area (Å²) < 4.78 is 130. The molecule has 2 heteroatoms. The van der Waals surface area contributed by atoms with Crippen LogP contribution in [0, 0.1) is 34.3 Å². The first kappa shape index (κ1) is 11.3. The Morgan fingerprint density at radius 1 is 0.583 bits per heavy atom. The Morgan fingerprint density at radius 2 is 1.31 bits per heavy atom. The molecule has 6 aromatic rings. The van der Waals surface area contributed by atoms with Gasteiger partial charge in [-0.1, -0.05) is 66.2 Å². The van der Waals surface area contributed by atoms with Crippen molar-refractivity contribution >= 4 is 21.9 Å². The summed E-state index contributed by atoms with van der Waals surface area (Å²) >= 11 is 0. The van der Waals surface area contributed by atoms with Crippen LogP contribution in [-0.4, -0.2) is 4.98 Å². The van der Waals surface area contributed by atoms with Crippen LogP contribution in [0.4, 0.5) is 0 Å². The fourth-order valence-electron chi connectivity index (χ4n) is 4.60. The van der Waals surface area contributed by atoms with E-state index in [-0.39, 0.29) is 39.1 Å². The average Bonchev–Trinajstić information content (AvgIpc) is 3.40. The lowest BCUT2D eigenvalue weighted by Crippen LogP contribution is -1.95. The first-order valence-electron chi connectivity index (χ1n) is 18.7. The van der Waals surface area contributed by atoms with Gasteiger partial charge in [-0.15, -0.1) is 0 Å². The largest absolute Gasteiger partial charge is 0.455 e. The fraction of sp³-hybridized carbons (Fsp3) is 0.147. The Balaban J connectivity index is 1.69. The number of aromatic nitrogens is 1. The summed E-state index contributed by atoms with van der Waals surface area (Å²) in [6.45, 7) is -14.4. The molecule has 2 nitrogen and oxygen atoms in total. The van der Waals surface area contributed by atoms with Gasteiger partial charge in [0.25, 0.3) is 0 Å². The normalized spacial score (nSPS) is 19.4. The quantitative estimate of drug-likeness (QED) is 0.251. The third kappa shape index (κ3) is 3.61. The lowest BCUT2D eigenvalue weighted by atomic mass is 9.88. The van der Waals surface area contributed by atoms with Gasteiger partial charge in [0, 0.05) is 43.1 Å². The molecule has 2 heterocycles. The SMILES string of the molecule is [2H]C([2H])([2H])c1ccc(-c2cc(C([2H])([2H])[2H])c(-c3cc(-c4cccc5c4oc4ccccc45)ncc3C([2H])([2H])[2H])cc2C([2H])([2H])[2H])c(C([2H])([2H])[2H])c1. The van der Waals surface area contributed by atoms with E-state index < -0.39 is 50.9 Å². The first-order chi connectivity index (χ1) is 23.5. The van der Waals surface area contributed by atoms with Crippen molar-refractivity contribution in [1.29, 1.82) is 0 Å². The van der Waals surface area contributed by atoms with Crippen LogP contribution in [0.1, 0.15) is 48.4 Å². The minimum absolute atomic E-state index is 0.120. The molecule has 0 aliphatic heterocycles. The zero-order valence-electron chi connectivity index (χ0n) is 33.9. The van der Waals surface area contributed by atoms with E-state index in [1.54, 1.807) is 18.2 Å². The summed E-state index contributed by atoms with van der Waals surface area (Å²) in [7, 11) is 0. The maximum Gasteiger partial charge on any atom is 0.144 e. The van der Waals surface area contributed by atoms with E-state index in [4.69, 9.17) is 25.0 Å². The number of nitrogens with zero attached hydrogens (tertiary/aromatic N) is 1. The smallest absolute Gasteiger partial charge is 0.144 e. The van der Waals surface area contributed by atoms with Crippen molar-refractivity contribution in [2.45, 2.75) is 34.3 Å². The number of rotatable bonds is 3. The van der Waals surface area contributed by atoms with Crippen molar-refractivity contribution in [3.63, 3.8) is 0 Å². The minimum Gasteiger partial charge on any atom is -0.455 e. The van der Waals surface area contributed by atoms with Crippen molar-refractivity contribution in [2.24, 2.45) is 0 Å². The highest BCUT2D eigenvalue weighted by Gasteiger charge is 2.16. The maximum absolute atomic E-state index is 8.49. The van der Waals surface area contributed by atoms with Gasteiger partial charge in [-0.3, -0.25) is 4.98 Å². The number of aryl methyl sites for hydroxylation is 5. The number of furan rings is 1. The third-order valence-electron chi connectivity index (χ3n) is 6.34. The van der Waals surface area contributed by atoms with Gasteiger partial charge >= 0.3 is 0 Å². The second-order valence-electron chi connectivity index (χ2n) is 8.60. The van der Waals surface area contributed by atoms with Crippen molar-refractivity contribution < 1.29 is 25.0 Å². The van der Waals surface area contributed by atoms with E-state index in [2.05, 4.69) is 4.98 Å². The molecule has 0 saturated carbocycles. The fourth-order valence-corrected chi connectivity index (χ4v) is 4.60. The second kappa shape index (κ2) is 8.49. The summed E-state index contributed by atoms with van der Waals surface area (Å²) in [5.41, 5.74) is -1.12. The van der Waals surface area contributed by atoms with Crippen LogP contribution in [0.15, 0.2) is 89.5 Å². The average molecular weight is 483 g/mol. The zero-order chi connectivity index (χ0) is 37.5. The number of hydrogen-bond donors (Lipinski definition) is 0. The summed E-state index contributed by atoms with van der Waals surface area (Å²) in [4.78, 5) is 4.44. The summed E-state index contributed by atoms with van der Waals surface area (Å²) in [5.74, 6) is 0. The van der Waals surface area contributed by atoms with E-state index in [0.717, 1.165) is 47.3 Å². The molecule has 0 aliphatic rings. The predicted molar refractivity (Wildman–Crippen MR) is 152 cm³/mol. The van der Waals surface area contributed by atoms with E-state index >= 15 is 0 Å². The van der Waals surface area contributed by atoms with E-state index in [1.165, 1.54) is 6.07 Å². The highest BCUT2D eigenvalue weighted by Crippen LogP contribution is 2.38. The highest BCUT2D eigenvalue weighted by atomic mass is 16.3. The molecule has 0 bridgehead atoms. The van der Waals surface area contributed by atoms with Crippen molar-refractivity contribution in [3.8, 4) is 33.5 Å². The Labute approximate surface area is 233 Å². The first-order valence-corrected chi connectivity index (χ1v) is 11.2. The van der Waals surface area contributed by atoms with Gasteiger partial charge < -0.3 is 4.42 Å². The Morgan fingerprint density at radius 3 is 2.11 bits per heavy atom. The molecule has 36 heavy (non-hydrogen) atoms. The van der Waals surface area contributed by atoms with E-state index in [0.29, 0.717) is 16.7 Å². The minimum atomic E-state index is -2.97. The van der Waals surface area contributed by atoms with Crippen molar-refractivity contribution in [3.05, 3.63) is 113 Å². The Hall–Kier alpha value is -4.17. The molecule has 0 saturated heterocycles. The molecule has 0 fully saturated rings. The lowest BCUT2D eigenvalue weighted by Gasteiger charge is -2.17.